The van der Waals surface area contributed by atoms with Crippen LogP contribution in [0.2, 0.25) is 0 Å². The summed E-state index contributed by atoms with van der Waals surface area (Å²) in [4.78, 5) is 26.6. The molecule has 2 amide bonds. The summed E-state index contributed by atoms with van der Waals surface area (Å²) < 4.78 is 6.64. The van der Waals surface area contributed by atoms with Crippen molar-refractivity contribution in [1.82, 2.24) is 10.2 Å². The molecule has 0 radical (unpaired) electrons. The summed E-state index contributed by atoms with van der Waals surface area (Å²) in [6.07, 6.45) is 7.91. The molecule has 1 spiro atoms. The van der Waals surface area contributed by atoms with E-state index in [1.54, 1.807) is 0 Å². The summed E-state index contributed by atoms with van der Waals surface area (Å²) in [6, 6.07) is 8.83. The Hall–Kier alpha value is -1.88. The van der Waals surface area contributed by atoms with E-state index < -0.39 is 0 Å². The zero-order valence-corrected chi connectivity index (χ0v) is 16.9. The number of ether oxygens (including phenoxy) is 1. The van der Waals surface area contributed by atoms with E-state index in [0.29, 0.717) is 18.9 Å². The van der Waals surface area contributed by atoms with Crippen molar-refractivity contribution in [2.75, 3.05) is 13.1 Å². The highest BCUT2D eigenvalue weighted by Crippen LogP contribution is 2.44. The molecule has 5 nitrogen and oxygen atoms in total. The maximum Gasteiger partial charge on any atom is 0.222 e. The van der Waals surface area contributed by atoms with Crippen LogP contribution in [0.4, 0.5) is 0 Å². The van der Waals surface area contributed by atoms with Gasteiger partial charge in [-0.2, -0.15) is 0 Å². The number of likely N-dealkylation sites (tertiary alicyclic amines) is 1. The number of hydrogen-bond donors (Lipinski definition) is 1. The predicted molar refractivity (Wildman–Crippen MR) is 108 cm³/mol. The van der Waals surface area contributed by atoms with Crippen LogP contribution < -0.4 is 5.32 Å². The van der Waals surface area contributed by atoms with Crippen molar-refractivity contribution < 1.29 is 14.3 Å². The molecule has 1 saturated carbocycles. The van der Waals surface area contributed by atoms with Gasteiger partial charge < -0.3 is 15.0 Å². The lowest BCUT2D eigenvalue weighted by atomic mass is 9.77. The third-order valence-electron chi connectivity index (χ3n) is 6.71. The van der Waals surface area contributed by atoms with Gasteiger partial charge in [0.1, 0.15) is 0 Å². The van der Waals surface area contributed by atoms with Crippen molar-refractivity contribution in [3.8, 4) is 0 Å². The lowest BCUT2D eigenvalue weighted by Crippen LogP contribution is -2.50. The molecule has 1 atom stereocenters. The topological polar surface area (TPSA) is 58.6 Å². The molecule has 1 aliphatic carbocycles. The molecular weight excluding hydrogens is 352 g/mol. The number of piperidine rings is 1. The SMILES string of the molecule is CCC(=O)N1CCC2(CC1)OC(CC(=O)NC1CCCC1)Cc1ccccc12. The third kappa shape index (κ3) is 3.95. The van der Waals surface area contributed by atoms with Crippen molar-refractivity contribution in [2.45, 2.75) is 82.5 Å². The highest BCUT2D eigenvalue weighted by molar-refractivity contribution is 5.77. The Balaban J connectivity index is 1.47. The number of benzene rings is 1. The fraction of sp³-hybridized carbons (Fsp3) is 0.652. The average molecular weight is 385 g/mol. The zero-order valence-electron chi connectivity index (χ0n) is 16.9. The minimum Gasteiger partial charge on any atom is -0.366 e. The lowest BCUT2D eigenvalue weighted by Gasteiger charge is -2.47. The summed E-state index contributed by atoms with van der Waals surface area (Å²) in [5.41, 5.74) is 2.19. The maximum absolute atomic E-state index is 12.6. The summed E-state index contributed by atoms with van der Waals surface area (Å²) in [7, 11) is 0. The van der Waals surface area contributed by atoms with Crippen LogP contribution in [0.5, 0.6) is 0 Å². The smallest absolute Gasteiger partial charge is 0.222 e. The molecule has 1 aromatic carbocycles. The van der Waals surface area contributed by atoms with E-state index in [2.05, 4.69) is 29.6 Å². The molecule has 2 heterocycles. The van der Waals surface area contributed by atoms with Gasteiger partial charge in [0, 0.05) is 25.6 Å². The van der Waals surface area contributed by atoms with Crippen LogP contribution in [0.25, 0.3) is 0 Å². The summed E-state index contributed by atoms with van der Waals surface area (Å²) in [5, 5.41) is 3.20. The van der Waals surface area contributed by atoms with Gasteiger partial charge in [0.2, 0.25) is 11.8 Å². The first-order chi connectivity index (χ1) is 13.6. The highest BCUT2D eigenvalue weighted by atomic mass is 16.5. The van der Waals surface area contributed by atoms with Gasteiger partial charge in [0.05, 0.1) is 18.1 Å². The molecule has 3 aliphatic rings. The number of rotatable bonds is 4. The molecule has 2 aliphatic heterocycles. The van der Waals surface area contributed by atoms with Crippen molar-refractivity contribution >= 4 is 11.8 Å². The first kappa shape index (κ1) is 19.4. The van der Waals surface area contributed by atoms with Gasteiger partial charge >= 0.3 is 0 Å². The first-order valence-corrected chi connectivity index (χ1v) is 10.9. The predicted octanol–water partition coefficient (Wildman–Crippen LogP) is 3.30. The molecule has 1 N–H and O–H groups in total. The Morgan fingerprint density at radius 2 is 1.89 bits per heavy atom. The molecule has 5 heteroatoms. The molecule has 2 fully saturated rings. The monoisotopic (exact) mass is 384 g/mol. The lowest BCUT2D eigenvalue weighted by molar-refractivity contribution is -0.156. The van der Waals surface area contributed by atoms with Gasteiger partial charge in [-0.3, -0.25) is 9.59 Å². The average Bonchev–Trinajstić information content (AvgIpc) is 3.21. The summed E-state index contributed by atoms with van der Waals surface area (Å²) in [5.74, 6) is 0.330. The Morgan fingerprint density at radius 3 is 2.61 bits per heavy atom. The second-order valence-corrected chi connectivity index (χ2v) is 8.58. The quantitative estimate of drug-likeness (QED) is 0.866. The summed E-state index contributed by atoms with van der Waals surface area (Å²) >= 11 is 0. The first-order valence-electron chi connectivity index (χ1n) is 10.9. The van der Waals surface area contributed by atoms with Gasteiger partial charge in [-0.25, -0.2) is 0 Å². The third-order valence-corrected chi connectivity index (χ3v) is 6.71. The van der Waals surface area contributed by atoms with Crippen molar-refractivity contribution in [1.29, 1.82) is 0 Å². The normalized spacial score (nSPS) is 24.2. The number of fused-ring (bicyclic) bond motifs is 2. The molecular formula is C23H32N2O3. The number of carbonyl (C=O) groups excluding carboxylic acids is 2. The standard InChI is InChI=1S/C23H32N2O3/c1-2-22(27)25-13-11-23(12-14-25)20-10-6-3-7-17(20)15-19(28-23)16-21(26)24-18-8-4-5-9-18/h3,6-7,10,18-19H,2,4-5,8-9,11-16H2,1H3,(H,24,26). The second kappa shape index (κ2) is 8.24. The molecule has 1 saturated heterocycles. The number of nitrogens with one attached hydrogen (secondary N) is 1. The van der Waals surface area contributed by atoms with E-state index >= 15 is 0 Å². The van der Waals surface area contributed by atoms with E-state index in [1.807, 2.05) is 11.8 Å². The van der Waals surface area contributed by atoms with Crippen LogP contribution in [0.3, 0.4) is 0 Å². The minimum absolute atomic E-state index is 0.0928. The van der Waals surface area contributed by atoms with Crippen LogP contribution in [-0.4, -0.2) is 41.9 Å². The molecule has 28 heavy (non-hydrogen) atoms. The fourth-order valence-electron chi connectivity index (χ4n) is 5.22. The second-order valence-electron chi connectivity index (χ2n) is 8.58. The molecule has 4 rings (SSSR count). The van der Waals surface area contributed by atoms with Crippen LogP contribution in [0.15, 0.2) is 24.3 Å². The van der Waals surface area contributed by atoms with Crippen LogP contribution >= 0.6 is 0 Å². The van der Waals surface area contributed by atoms with Gasteiger partial charge in [-0.15, -0.1) is 0 Å². The van der Waals surface area contributed by atoms with Crippen molar-refractivity contribution in [3.05, 3.63) is 35.4 Å². The number of amides is 2. The number of hydrogen-bond acceptors (Lipinski definition) is 3. The van der Waals surface area contributed by atoms with Crippen LogP contribution in [-0.2, 0) is 26.3 Å². The number of carbonyl (C=O) groups is 2. The van der Waals surface area contributed by atoms with Gasteiger partial charge in [-0.05, 0) is 43.2 Å². The van der Waals surface area contributed by atoms with E-state index in [9.17, 15) is 9.59 Å². The van der Waals surface area contributed by atoms with E-state index in [0.717, 1.165) is 45.2 Å². The fourth-order valence-corrected chi connectivity index (χ4v) is 5.22. The van der Waals surface area contributed by atoms with Gasteiger partial charge in [0.25, 0.3) is 0 Å². The van der Waals surface area contributed by atoms with Crippen molar-refractivity contribution in [2.24, 2.45) is 0 Å². The maximum atomic E-state index is 12.6. The minimum atomic E-state index is -0.363. The van der Waals surface area contributed by atoms with Gasteiger partial charge in [-0.1, -0.05) is 44.0 Å². The van der Waals surface area contributed by atoms with E-state index in [1.165, 1.54) is 24.0 Å². The van der Waals surface area contributed by atoms with Crippen LogP contribution in [0.1, 0.15) is 69.4 Å². The van der Waals surface area contributed by atoms with Gasteiger partial charge in [0.15, 0.2) is 0 Å². The zero-order chi connectivity index (χ0) is 19.6. The molecule has 0 aromatic heterocycles. The Kier molecular flexibility index (Phi) is 5.72. The molecule has 1 aromatic rings. The summed E-state index contributed by atoms with van der Waals surface area (Å²) in [6.45, 7) is 3.36. The Morgan fingerprint density at radius 1 is 1.18 bits per heavy atom. The highest BCUT2D eigenvalue weighted by Gasteiger charge is 2.44. The molecule has 0 bridgehead atoms. The van der Waals surface area contributed by atoms with Crippen molar-refractivity contribution in [3.63, 3.8) is 0 Å². The Labute approximate surface area is 167 Å². The molecule has 152 valence electrons. The van der Waals surface area contributed by atoms with E-state index in [4.69, 9.17) is 4.74 Å². The largest absolute Gasteiger partial charge is 0.366 e. The Bertz CT molecular complexity index is 718. The van der Waals surface area contributed by atoms with E-state index in [-0.39, 0.29) is 23.5 Å². The van der Waals surface area contributed by atoms with Crippen LogP contribution in [0, 0.1) is 0 Å². The molecule has 1 unspecified atom stereocenters. The number of nitrogens with zero attached hydrogens (tertiary/aromatic N) is 1.